The van der Waals surface area contributed by atoms with Crippen LogP contribution >= 0.6 is 0 Å². The second-order valence-corrected chi connectivity index (χ2v) is 8.47. The van der Waals surface area contributed by atoms with Gasteiger partial charge in [-0.3, -0.25) is 4.79 Å². The van der Waals surface area contributed by atoms with E-state index in [0.717, 1.165) is 11.3 Å². The highest BCUT2D eigenvalue weighted by Crippen LogP contribution is 2.22. The number of amides is 1. The monoisotopic (exact) mass is 395 g/mol. The van der Waals surface area contributed by atoms with E-state index in [1.54, 1.807) is 18.2 Å². The van der Waals surface area contributed by atoms with Gasteiger partial charge in [0.15, 0.2) is 0 Å². The molecule has 0 saturated heterocycles. The second kappa shape index (κ2) is 8.81. The number of benzene rings is 1. The Morgan fingerprint density at radius 2 is 2.00 bits per heavy atom. The van der Waals surface area contributed by atoms with E-state index in [9.17, 15) is 13.2 Å². The number of aryl methyl sites for hydroxylation is 2. The molecule has 0 fully saturated rings. The fourth-order valence-corrected chi connectivity index (χ4v) is 4.44. The van der Waals surface area contributed by atoms with Crippen molar-refractivity contribution in [1.82, 2.24) is 19.2 Å². The molecule has 0 aliphatic rings. The molecule has 8 nitrogen and oxygen atoms in total. The Kier molecular flexibility index (Phi) is 6.96. The quantitative estimate of drug-likeness (QED) is 0.658. The number of aromatic nitrogens is 2. The van der Waals surface area contributed by atoms with E-state index in [4.69, 9.17) is 5.73 Å². The van der Waals surface area contributed by atoms with E-state index in [1.807, 2.05) is 32.4 Å². The van der Waals surface area contributed by atoms with Crippen LogP contribution < -0.4 is 11.1 Å². The van der Waals surface area contributed by atoms with Crippen LogP contribution in [0, 0.1) is 0 Å². The van der Waals surface area contributed by atoms with Crippen LogP contribution in [-0.4, -0.2) is 53.9 Å². The van der Waals surface area contributed by atoms with Crippen molar-refractivity contribution in [3.63, 3.8) is 0 Å². The summed E-state index contributed by atoms with van der Waals surface area (Å²) >= 11 is 0. The maximum Gasteiger partial charge on any atom is 0.243 e. The molecule has 0 aliphatic carbocycles. The zero-order chi connectivity index (χ0) is 20.2. The third kappa shape index (κ3) is 4.66. The van der Waals surface area contributed by atoms with E-state index < -0.39 is 10.0 Å². The Morgan fingerprint density at radius 1 is 1.33 bits per heavy atom. The van der Waals surface area contributed by atoms with Crippen molar-refractivity contribution in [2.75, 3.05) is 19.6 Å². The fourth-order valence-electron chi connectivity index (χ4n) is 2.96. The van der Waals surface area contributed by atoms with Gasteiger partial charge in [-0.1, -0.05) is 13.8 Å². The minimum Gasteiger partial charge on any atom is -0.352 e. The van der Waals surface area contributed by atoms with Gasteiger partial charge in [0.05, 0.1) is 15.9 Å². The molecule has 3 N–H and O–H groups in total. The van der Waals surface area contributed by atoms with Gasteiger partial charge in [0.25, 0.3) is 0 Å². The van der Waals surface area contributed by atoms with Crippen molar-refractivity contribution >= 4 is 27.0 Å². The van der Waals surface area contributed by atoms with E-state index in [1.165, 1.54) is 4.31 Å². The molecule has 1 aromatic heterocycles. The number of rotatable bonds is 9. The van der Waals surface area contributed by atoms with Crippen molar-refractivity contribution in [2.24, 2.45) is 12.8 Å². The number of nitrogens with one attached hydrogen (secondary N) is 1. The Hall–Kier alpha value is -1.97. The second-order valence-electron chi connectivity index (χ2n) is 6.53. The van der Waals surface area contributed by atoms with Crippen LogP contribution in [-0.2, 0) is 28.3 Å². The summed E-state index contributed by atoms with van der Waals surface area (Å²) in [4.78, 5) is 16.7. The number of carbonyl (C=O) groups is 1. The molecule has 9 heteroatoms. The number of nitrogens with zero attached hydrogens (tertiary/aromatic N) is 3. The number of fused-ring (bicyclic) bond motifs is 1. The predicted molar refractivity (Wildman–Crippen MR) is 106 cm³/mol. The largest absolute Gasteiger partial charge is 0.352 e. The summed E-state index contributed by atoms with van der Waals surface area (Å²) in [5.74, 6) is 0.655. The van der Waals surface area contributed by atoms with Gasteiger partial charge in [-0.05, 0) is 25.1 Å². The normalized spacial score (nSPS) is 13.3. The zero-order valence-corrected chi connectivity index (χ0v) is 17.2. The highest BCUT2D eigenvalue weighted by molar-refractivity contribution is 7.89. The first kappa shape index (κ1) is 21.3. The highest BCUT2D eigenvalue weighted by Gasteiger charge is 2.22. The molecule has 1 atom stereocenters. The van der Waals surface area contributed by atoms with Gasteiger partial charge in [0, 0.05) is 45.6 Å². The van der Waals surface area contributed by atoms with Gasteiger partial charge in [-0.25, -0.2) is 13.4 Å². The molecular weight excluding hydrogens is 366 g/mol. The lowest BCUT2D eigenvalue weighted by Gasteiger charge is -2.18. The lowest BCUT2D eigenvalue weighted by molar-refractivity contribution is -0.121. The maximum absolute atomic E-state index is 12.7. The Morgan fingerprint density at radius 3 is 2.59 bits per heavy atom. The van der Waals surface area contributed by atoms with Crippen molar-refractivity contribution in [3.8, 4) is 0 Å². The molecule has 150 valence electrons. The molecule has 0 aliphatic heterocycles. The average molecular weight is 396 g/mol. The third-order valence-corrected chi connectivity index (χ3v) is 6.67. The van der Waals surface area contributed by atoms with E-state index in [-0.39, 0.29) is 16.8 Å². The number of carbonyl (C=O) groups excluding carboxylic acids is 1. The van der Waals surface area contributed by atoms with E-state index in [2.05, 4.69) is 10.3 Å². The number of nitrogens with two attached hydrogens (primary N) is 1. The van der Waals surface area contributed by atoms with Crippen molar-refractivity contribution in [1.29, 1.82) is 0 Å². The average Bonchev–Trinajstić information content (AvgIpc) is 2.96. The van der Waals surface area contributed by atoms with Crippen LogP contribution in [0.3, 0.4) is 0 Å². The molecule has 1 amide bonds. The summed E-state index contributed by atoms with van der Waals surface area (Å²) in [5, 5.41) is 2.82. The summed E-state index contributed by atoms with van der Waals surface area (Å²) in [6.45, 7) is 6.71. The number of hydrogen-bond acceptors (Lipinski definition) is 5. The summed E-state index contributed by atoms with van der Waals surface area (Å²) < 4.78 is 28.7. The van der Waals surface area contributed by atoms with Crippen LogP contribution in [0.25, 0.3) is 11.0 Å². The SMILES string of the molecule is CCN(CC)S(=O)(=O)c1ccc2c(c1)nc(CCC(=O)N[C@@H](C)CN)n2C. The van der Waals surface area contributed by atoms with Crippen molar-refractivity contribution in [2.45, 2.75) is 44.6 Å². The standard InChI is InChI=1S/C18H29N5O3S/c1-5-23(6-2)27(25,26)14-7-8-16-15(11-14)21-17(22(16)4)9-10-18(24)20-13(3)12-19/h7-8,11,13H,5-6,9-10,12,19H2,1-4H3,(H,20,24)/t13-/m0/s1. The number of hydrogen-bond donors (Lipinski definition) is 2. The molecule has 2 aromatic rings. The Balaban J connectivity index is 2.25. The predicted octanol–water partition coefficient (Wildman–Crippen LogP) is 1.000. The number of imidazole rings is 1. The van der Waals surface area contributed by atoms with Gasteiger partial charge in [-0.15, -0.1) is 0 Å². The van der Waals surface area contributed by atoms with E-state index in [0.29, 0.717) is 38.0 Å². The van der Waals surface area contributed by atoms with Crippen LogP contribution in [0.1, 0.15) is 33.0 Å². The molecule has 27 heavy (non-hydrogen) atoms. The summed E-state index contributed by atoms with van der Waals surface area (Å²) in [5.41, 5.74) is 6.95. The molecule has 0 saturated carbocycles. The van der Waals surface area contributed by atoms with Gasteiger partial charge in [-0.2, -0.15) is 4.31 Å². The first-order valence-corrected chi connectivity index (χ1v) is 10.6. The van der Waals surface area contributed by atoms with Crippen molar-refractivity contribution < 1.29 is 13.2 Å². The van der Waals surface area contributed by atoms with Crippen LogP contribution in [0.15, 0.2) is 23.1 Å². The summed E-state index contributed by atoms with van der Waals surface area (Å²) in [6, 6.07) is 4.91. The third-order valence-electron chi connectivity index (χ3n) is 4.62. The first-order chi connectivity index (χ1) is 12.7. The van der Waals surface area contributed by atoms with Gasteiger partial charge in [0.1, 0.15) is 5.82 Å². The lowest BCUT2D eigenvalue weighted by atomic mass is 10.2. The first-order valence-electron chi connectivity index (χ1n) is 9.19. The van der Waals surface area contributed by atoms with Gasteiger partial charge >= 0.3 is 0 Å². The molecule has 2 rings (SSSR count). The maximum atomic E-state index is 12.7. The van der Waals surface area contributed by atoms with Gasteiger partial charge < -0.3 is 15.6 Å². The lowest BCUT2D eigenvalue weighted by Crippen LogP contribution is -2.37. The van der Waals surface area contributed by atoms with Crippen LogP contribution in [0.5, 0.6) is 0 Å². The Labute approximate surface area is 160 Å². The molecule has 0 radical (unpaired) electrons. The van der Waals surface area contributed by atoms with Crippen LogP contribution in [0.2, 0.25) is 0 Å². The van der Waals surface area contributed by atoms with Gasteiger partial charge in [0.2, 0.25) is 15.9 Å². The minimum atomic E-state index is -3.53. The van der Waals surface area contributed by atoms with E-state index >= 15 is 0 Å². The Bertz CT molecular complexity index is 903. The minimum absolute atomic E-state index is 0.0641. The topological polar surface area (TPSA) is 110 Å². The van der Waals surface area contributed by atoms with Crippen LogP contribution in [0.4, 0.5) is 0 Å². The molecular formula is C18H29N5O3S. The fraction of sp³-hybridized carbons (Fsp3) is 0.556. The number of sulfonamides is 1. The smallest absolute Gasteiger partial charge is 0.243 e. The summed E-state index contributed by atoms with van der Waals surface area (Å²) in [7, 11) is -1.67. The molecule has 0 unspecified atom stereocenters. The van der Waals surface area contributed by atoms with Crippen molar-refractivity contribution in [3.05, 3.63) is 24.0 Å². The zero-order valence-electron chi connectivity index (χ0n) is 16.4. The summed E-state index contributed by atoms with van der Waals surface area (Å²) in [6.07, 6.45) is 0.762. The molecule has 0 spiro atoms. The molecule has 1 aromatic carbocycles. The molecule has 1 heterocycles. The molecule has 0 bridgehead atoms. The highest BCUT2D eigenvalue weighted by atomic mass is 32.2.